The zero-order chi connectivity index (χ0) is 15.1. The fourth-order valence-electron chi connectivity index (χ4n) is 2.12. The molecule has 5 nitrogen and oxygen atoms in total. The van der Waals surface area contributed by atoms with E-state index >= 15 is 0 Å². The number of morpholine rings is 1. The maximum atomic E-state index is 11.7. The second-order valence-corrected chi connectivity index (χ2v) is 5.39. The fraction of sp³-hybridized carbons (Fsp3) is 0.533. The van der Waals surface area contributed by atoms with Crippen LogP contribution in [-0.4, -0.2) is 56.4 Å². The first-order chi connectivity index (χ1) is 10.1. The SMILES string of the molecule is C[C@@H](CN1CCOCC1)OC(=O)COc1ccc(Cl)cc1. The van der Waals surface area contributed by atoms with Crippen LogP contribution in [0.25, 0.3) is 0 Å². The topological polar surface area (TPSA) is 48.0 Å². The van der Waals surface area contributed by atoms with E-state index in [0.717, 1.165) is 32.8 Å². The van der Waals surface area contributed by atoms with Crippen molar-refractivity contribution < 1.29 is 19.0 Å². The molecule has 0 spiro atoms. The second-order valence-electron chi connectivity index (χ2n) is 4.96. The van der Waals surface area contributed by atoms with Crippen LogP contribution in [0.5, 0.6) is 5.75 Å². The van der Waals surface area contributed by atoms with Gasteiger partial charge in [0.2, 0.25) is 0 Å². The smallest absolute Gasteiger partial charge is 0.344 e. The van der Waals surface area contributed by atoms with Gasteiger partial charge in [0.15, 0.2) is 6.61 Å². The Morgan fingerprint density at radius 3 is 2.67 bits per heavy atom. The first kappa shape index (κ1) is 16.1. The van der Waals surface area contributed by atoms with Crippen LogP contribution in [-0.2, 0) is 14.3 Å². The molecule has 0 N–H and O–H groups in total. The molecule has 1 aromatic carbocycles. The molecule has 1 aliphatic rings. The molecule has 1 saturated heterocycles. The van der Waals surface area contributed by atoms with Crippen LogP contribution in [0.15, 0.2) is 24.3 Å². The molecule has 116 valence electrons. The summed E-state index contributed by atoms with van der Waals surface area (Å²) < 4.78 is 16.0. The minimum atomic E-state index is -0.370. The Bertz CT molecular complexity index is 445. The highest BCUT2D eigenvalue weighted by atomic mass is 35.5. The zero-order valence-electron chi connectivity index (χ0n) is 12.1. The van der Waals surface area contributed by atoms with Crippen molar-refractivity contribution in [3.05, 3.63) is 29.3 Å². The van der Waals surface area contributed by atoms with Crippen molar-refractivity contribution in [2.45, 2.75) is 13.0 Å². The Kier molecular flexibility index (Phi) is 6.29. The third kappa shape index (κ3) is 5.91. The minimum Gasteiger partial charge on any atom is -0.482 e. The monoisotopic (exact) mass is 313 g/mol. The van der Waals surface area contributed by atoms with Crippen molar-refractivity contribution in [3.8, 4) is 5.75 Å². The summed E-state index contributed by atoms with van der Waals surface area (Å²) in [6, 6.07) is 6.85. The van der Waals surface area contributed by atoms with E-state index < -0.39 is 0 Å². The van der Waals surface area contributed by atoms with Gasteiger partial charge in [0.05, 0.1) is 13.2 Å². The van der Waals surface area contributed by atoms with Gasteiger partial charge in [0, 0.05) is 24.7 Å². The summed E-state index contributed by atoms with van der Waals surface area (Å²) in [7, 11) is 0. The van der Waals surface area contributed by atoms with E-state index in [4.69, 9.17) is 25.8 Å². The Labute approximate surface area is 129 Å². The summed E-state index contributed by atoms with van der Waals surface area (Å²) in [6.07, 6.45) is -0.163. The molecule has 1 aliphatic heterocycles. The highest BCUT2D eigenvalue weighted by Crippen LogP contribution is 2.15. The lowest BCUT2D eigenvalue weighted by atomic mass is 10.3. The number of halogens is 1. The van der Waals surface area contributed by atoms with Crippen LogP contribution < -0.4 is 4.74 Å². The van der Waals surface area contributed by atoms with Gasteiger partial charge in [-0.25, -0.2) is 4.79 Å². The van der Waals surface area contributed by atoms with Gasteiger partial charge in [-0.1, -0.05) is 11.6 Å². The molecule has 0 saturated carbocycles. The quantitative estimate of drug-likeness (QED) is 0.752. The molecule has 1 fully saturated rings. The highest BCUT2D eigenvalue weighted by molar-refractivity contribution is 6.30. The number of carbonyl (C=O) groups is 1. The predicted octanol–water partition coefficient (Wildman–Crippen LogP) is 1.98. The first-order valence-electron chi connectivity index (χ1n) is 7.01. The summed E-state index contributed by atoms with van der Waals surface area (Å²) in [5.41, 5.74) is 0. The fourth-order valence-corrected chi connectivity index (χ4v) is 2.24. The molecule has 1 aromatic rings. The lowest BCUT2D eigenvalue weighted by Crippen LogP contribution is -2.41. The van der Waals surface area contributed by atoms with E-state index in [2.05, 4.69) is 4.90 Å². The molecule has 0 bridgehead atoms. The van der Waals surface area contributed by atoms with Gasteiger partial charge in [0.25, 0.3) is 0 Å². The van der Waals surface area contributed by atoms with Crippen LogP contribution >= 0.6 is 11.6 Å². The van der Waals surface area contributed by atoms with Crippen molar-refractivity contribution in [2.75, 3.05) is 39.5 Å². The number of esters is 1. The van der Waals surface area contributed by atoms with E-state index in [1.165, 1.54) is 0 Å². The summed E-state index contributed by atoms with van der Waals surface area (Å²) in [5, 5.41) is 0.629. The summed E-state index contributed by atoms with van der Waals surface area (Å²) in [6.45, 7) is 5.73. The van der Waals surface area contributed by atoms with Crippen LogP contribution in [0.4, 0.5) is 0 Å². The van der Waals surface area contributed by atoms with Gasteiger partial charge in [-0.2, -0.15) is 0 Å². The molecule has 21 heavy (non-hydrogen) atoms. The normalized spacial score (nSPS) is 17.2. The number of hydrogen-bond donors (Lipinski definition) is 0. The summed E-state index contributed by atoms with van der Waals surface area (Å²) in [5.74, 6) is 0.225. The molecule has 0 aromatic heterocycles. The van der Waals surface area contributed by atoms with Crippen molar-refractivity contribution >= 4 is 17.6 Å². The van der Waals surface area contributed by atoms with Crippen molar-refractivity contribution in [1.82, 2.24) is 4.90 Å². The third-order valence-corrected chi connectivity index (χ3v) is 3.37. The standard InChI is InChI=1S/C15H20ClNO4/c1-12(10-17-6-8-19-9-7-17)21-15(18)11-20-14-4-2-13(16)3-5-14/h2-5,12H,6-11H2,1H3/t12-/m0/s1. The molecular weight excluding hydrogens is 294 g/mol. The molecule has 6 heteroatoms. The Balaban J connectivity index is 1.67. The number of ether oxygens (including phenoxy) is 3. The van der Waals surface area contributed by atoms with E-state index in [-0.39, 0.29) is 18.7 Å². The Morgan fingerprint density at radius 1 is 1.33 bits per heavy atom. The Morgan fingerprint density at radius 2 is 2.00 bits per heavy atom. The van der Waals surface area contributed by atoms with E-state index in [1.807, 2.05) is 6.92 Å². The van der Waals surface area contributed by atoms with Crippen LogP contribution in [0, 0.1) is 0 Å². The molecule has 0 aliphatic carbocycles. The van der Waals surface area contributed by atoms with Crippen molar-refractivity contribution in [1.29, 1.82) is 0 Å². The van der Waals surface area contributed by atoms with E-state index in [0.29, 0.717) is 10.8 Å². The van der Waals surface area contributed by atoms with Gasteiger partial charge < -0.3 is 14.2 Å². The summed E-state index contributed by atoms with van der Waals surface area (Å²) >= 11 is 5.78. The molecule has 0 radical (unpaired) electrons. The number of carbonyl (C=O) groups excluding carboxylic acids is 1. The van der Waals surface area contributed by atoms with Gasteiger partial charge >= 0.3 is 5.97 Å². The molecule has 1 heterocycles. The maximum absolute atomic E-state index is 11.7. The van der Waals surface area contributed by atoms with Gasteiger partial charge in [-0.15, -0.1) is 0 Å². The van der Waals surface area contributed by atoms with Crippen LogP contribution in [0.3, 0.4) is 0 Å². The van der Waals surface area contributed by atoms with Crippen LogP contribution in [0.1, 0.15) is 6.92 Å². The van der Waals surface area contributed by atoms with Gasteiger partial charge in [0.1, 0.15) is 11.9 Å². The summed E-state index contributed by atoms with van der Waals surface area (Å²) in [4.78, 5) is 13.9. The van der Waals surface area contributed by atoms with E-state index in [9.17, 15) is 4.79 Å². The van der Waals surface area contributed by atoms with Crippen molar-refractivity contribution in [2.24, 2.45) is 0 Å². The molecule has 0 unspecified atom stereocenters. The maximum Gasteiger partial charge on any atom is 0.344 e. The minimum absolute atomic E-state index is 0.102. The van der Waals surface area contributed by atoms with Crippen LogP contribution in [0.2, 0.25) is 5.02 Å². The van der Waals surface area contributed by atoms with E-state index in [1.54, 1.807) is 24.3 Å². The third-order valence-electron chi connectivity index (χ3n) is 3.12. The first-order valence-corrected chi connectivity index (χ1v) is 7.39. The molecule has 1 atom stereocenters. The predicted molar refractivity (Wildman–Crippen MR) is 79.8 cm³/mol. The number of rotatable bonds is 6. The average Bonchev–Trinajstić information content (AvgIpc) is 2.47. The second kappa shape index (κ2) is 8.22. The Hall–Kier alpha value is -1.30. The number of nitrogens with zero attached hydrogens (tertiary/aromatic N) is 1. The van der Waals surface area contributed by atoms with Gasteiger partial charge in [-0.05, 0) is 31.2 Å². The lowest BCUT2D eigenvalue weighted by molar-refractivity contribution is -0.151. The number of benzene rings is 1. The molecular formula is C15H20ClNO4. The van der Waals surface area contributed by atoms with Gasteiger partial charge in [-0.3, -0.25) is 4.90 Å². The number of hydrogen-bond acceptors (Lipinski definition) is 5. The lowest BCUT2D eigenvalue weighted by Gasteiger charge is -2.28. The average molecular weight is 314 g/mol. The highest BCUT2D eigenvalue weighted by Gasteiger charge is 2.16. The largest absolute Gasteiger partial charge is 0.482 e. The molecule has 0 amide bonds. The zero-order valence-corrected chi connectivity index (χ0v) is 12.8. The van der Waals surface area contributed by atoms with Crippen molar-refractivity contribution in [3.63, 3.8) is 0 Å². The molecule has 2 rings (SSSR count).